The molecule has 0 saturated carbocycles. The zero-order valence-corrected chi connectivity index (χ0v) is 45.2. The van der Waals surface area contributed by atoms with Crippen molar-refractivity contribution in [1.82, 2.24) is 38.9 Å². The number of benzene rings is 4. The van der Waals surface area contributed by atoms with Crippen molar-refractivity contribution in [3.63, 3.8) is 0 Å². The summed E-state index contributed by atoms with van der Waals surface area (Å²) in [6.07, 6.45) is 10.1. The second-order valence-corrected chi connectivity index (χ2v) is 19.8. The highest BCUT2D eigenvalue weighted by Gasteiger charge is 2.25. The van der Waals surface area contributed by atoms with E-state index in [4.69, 9.17) is 30.3 Å². The average molecular weight is 1050 g/mol. The number of aliphatic hydroxyl groups is 1. The Morgan fingerprint density at radius 2 is 1.14 bits per heavy atom. The first-order chi connectivity index (χ1) is 36.8. The van der Waals surface area contributed by atoms with Crippen LogP contribution >= 0.6 is 0 Å². The van der Waals surface area contributed by atoms with Crippen LogP contribution in [-0.4, -0.2) is 137 Å². The number of nitrogens with two attached hydrogens (primary N) is 1. The number of fused-ring (bicyclic) bond motifs is 2. The normalized spacial score (nSPS) is 15.2. The SMILES string of the molecule is C.CO.COc1cc(N(C)CCN2CCC(C)C2)c(N)cc1Nc1nccc(-c2cn(C)c3ccccc23)n1.COc1cc(N(C)CCN2CCC(C)C2)c([N+](=O)[O-])cc1Nc1nccc(-c2cn(C)c3ccccc23)n1. The van der Waals surface area contributed by atoms with Gasteiger partial charge in [-0.05, 0) is 68.1 Å². The molecule has 8 aromatic rings. The minimum Gasteiger partial charge on any atom is -0.494 e. The number of nitro groups is 1. The second kappa shape index (κ2) is 25.7. The Balaban J connectivity index is 0.000000214. The Morgan fingerprint density at radius 1 is 0.701 bits per heavy atom. The summed E-state index contributed by atoms with van der Waals surface area (Å²) in [6.45, 7) is 12.5. The van der Waals surface area contributed by atoms with Gasteiger partial charge in [0, 0.05) is 150 Å². The molecule has 0 amide bonds. The van der Waals surface area contributed by atoms with Crippen LogP contribution < -0.4 is 35.6 Å². The third-order valence-corrected chi connectivity index (χ3v) is 14.3. The molecule has 408 valence electrons. The van der Waals surface area contributed by atoms with Gasteiger partial charge in [-0.25, -0.2) is 19.9 Å². The summed E-state index contributed by atoms with van der Waals surface area (Å²) < 4.78 is 15.5. The third kappa shape index (κ3) is 13.2. The first-order valence-corrected chi connectivity index (χ1v) is 25.7. The maximum atomic E-state index is 12.1. The Kier molecular flexibility index (Phi) is 18.9. The summed E-state index contributed by atoms with van der Waals surface area (Å²) in [5.74, 6) is 3.47. The van der Waals surface area contributed by atoms with Gasteiger partial charge >= 0.3 is 0 Å². The molecule has 2 saturated heterocycles. The van der Waals surface area contributed by atoms with Crippen LogP contribution in [0.3, 0.4) is 0 Å². The Morgan fingerprint density at radius 3 is 1.58 bits per heavy atom. The van der Waals surface area contributed by atoms with Crippen molar-refractivity contribution < 1.29 is 19.5 Å². The van der Waals surface area contributed by atoms with Crippen LogP contribution in [0.15, 0.2) is 110 Å². The van der Waals surface area contributed by atoms with Gasteiger partial charge in [-0.2, -0.15) is 0 Å². The van der Waals surface area contributed by atoms with E-state index in [1.807, 2.05) is 80.8 Å². The number of hydrogen-bond acceptors (Lipinski definition) is 16. The lowest BCUT2D eigenvalue weighted by molar-refractivity contribution is -0.384. The van der Waals surface area contributed by atoms with Crippen LogP contribution in [0, 0.1) is 22.0 Å². The van der Waals surface area contributed by atoms with Crippen LogP contribution in [0.4, 0.5) is 46.0 Å². The predicted octanol–water partition coefficient (Wildman–Crippen LogP) is 10.1. The number of methoxy groups -OCH3 is 2. The van der Waals surface area contributed by atoms with Gasteiger partial charge < -0.3 is 59.7 Å². The number of likely N-dealkylation sites (N-methyl/N-ethyl adjacent to an activating group) is 2. The monoisotopic (exact) mass is 1050 g/mol. The van der Waals surface area contributed by atoms with E-state index in [0.717, 1.165) is 101 Å². The first kappa shape index (κ1) is 56.7. The van der Waals surface area contributed by atoms with E-state index in [1.54, 1.807) is 32.7 Å². The summed E-state index contributed by atoms with van der Waals surface area (Å²) in [5, 5.41) is 27.8. The average Bonchev–Trinajstić information content (AvgIpc) is 4.26. The molecule has 2 aliphatic rings. The van der Waals surface area contributed by atoms with Gasteiger partial charge in [0.2, 0.25) is 11.9 Å². The van der Waals surface area contributed by atoms with E-state index < -0.39 is 0 Å². The molecule has 19 heteroatoms. The molecule has 77 heavy (non-hydrogen) atoms. The fourth-order valence-electron chi connectivity index (χ4n) is 10.2. The van der Waals surface area contributed by atoms with Crippen LogP contribution in [0.1, 0.15) is 34.1 Å². The topological polar surface area (TPSA) is 206 Å². The number of para-hydroxylation sites is 2. The molecule has 0 radical (unpaired) electrons. The number of hydrogen-bond donors (Lipinski definition) is 4. The van der Waals surface area contributed by atoms with Crippen LogP contribution in [0.2, 0.25) is 0 Å². The number of nitrogens with zero attached hydrogens (tertiary/aromatic N) is 11. The molecule has 6 heterocycles. The highest BCUT2D eigenvalue weighted by Crippen LogP contribution is 2.40. The number of nitrogen functional groups attached to an aromatic ring is 1. The van der Waals surface area contributed by atoms with Crippen LogP contribution in [0.5, 0.6) is 11.5 Å². The molecule has 2 aliphatic heterocycles. The third-order valence-electron chi connectivity index (χ3n) is 14.3. The lowest BCUT2D eigenvalue weighted by atomic mass is 10.1. The molecule has 0 spiro atoms. The quantitative estimate of drug-likeness (QED) is 0.0380. The van der Waals surface area contributed by atoms with Crippen molar-refractivity contribution in [2.75, 3.05) is 114 Å². The van der Waals surface area contributed by atoms with E-state index in [0.29, 0.717) is 52.9 Å². The Bertz CT molecular complexity index is 3270. The molecule has 5 N–H and O–H groups in total. The van der Waals surface area contributed by atoms with Crippen molar-refractivity contribution in [2.45, 2.75) is 34.1 Å². The summed E-state index contributed by atoms with van der Waals surface area (Å²) in [6, 6.07) is 27.3. The molecule has 2 unspecified atom stereocenters. The maximum Gasteiger partial charge on any atom is 0.294 e. The van der Waals surface area contributed by atoms with Crippen molar-refractivity contribution in [3.8, 4) is 34.0 Å². The van der Waals surface area contributed by atoms with Crippen molar-refractivity contribution in [3.05, 3.63) is 120 Å². The number of ether oxygens (including phenoxy) is 2. The van der Waals surface area contributed by atoms with Gasteiger partial charge in [0.1, 0.15) is 17.2 Å². The molecule has 10 rings (SSSR count). The van der Waals surface area contributed by atoms with E-state index in [2.05, 4.69) is 95.8 Å². The number of nitro benzene ring substituents is 1. The van der Waals surface area contributed by atoms with Gasteiger partial charge in [0.15, 0.2) is 0 Å². The van der Waals surface area contributed by atoms with Gasteiger partial charge in [-0.15, -0.1) is 0 Å². The van der Waals surface area contributed by atoms with Crippen molar-refractivity contribution in [1.29, 1.82) is 0 Å². The van der Waals surface area contributed by atoms with Gasteiger partial charge in [0.25, 0.3) is 5.69 Å². The second-order valence-electron chi connectivity index (χ2n) is 19.8. The van der Waals surface area contributed by atoms with E-state index in [1.165, 1.54) is 32.0 Å². The number of likely N-dealkylation sites (tertiary alicyclic amines) is 2. The first-order valence-electron chi connectivity index (χ1n) is 25.7. The van der Waals surface area contributed by atoms with Crippen molar-refractivity contribution >= 4 is 67.8 Å². The molecule has 2 fully saturated rings. The number of aryl methyl sites for hydroxylation is 2. The molecular formula is C58H76N14O5. The fraction of sp³-hybridized carbons (Fsp3) is 0.379. The standard InChI is InChI=1S/C28H33N7O3.C28H35N7O.CH4O.CH4/c1-19-10-12-34(17-19)14-13-32(2)25-16-27(38-4)23(15-26(25)35(36)37)31-28-29-11-9-22(30-28)21-18-33(3)24-8-6-5-7-20(21)24;1-19-10-12-35(17-19)14-13-33(2)26-16-27(36-4)24(15-22(26)29)32-28-30-11-9-23(31-28)21-18-34(3)25-8-6-5-7-20(21)25;1-2;/h5-9,11,15-16,18-19H,10,12-14,17H2,1-4H3,(H,29,30,31);5-9,11,15-16,18-19H,10,12-14,17,29H2,1-4H3,(H,30,31,32);2H,1H3;1H4. The van der Waals surface area contributed by atoms with Gasteiger partial charge in [-0.3, -0.25) is 10.1 Å². The predicted molar refractivity (Wildman–Crippen MR) is 313 cm³/mol. The number of aromatic nitrogens is 6. The molecule has 4 aromatic heterocycles. The lowest BCUT2D eigenvalue weighted by Crippen LogP contribution is -2.32. The summed E-state index contributed by atoms with van der Waals surface area (Å²) in [7, 11) is 12.2. The lowest BCUT2D eigenvalue weighted by Gasteiger charge is -2.25. The fourth-order valence-corrected chi connectivity index (χ4v) is 10.2. The Hall–Kier alpha value is -8.00. The number of nitrogens with one attached hydrogen (secondary N) is 2. The molecule has 19 nitrogen and oxygen atoms in total. The zero-order valence-electron chi connectivity index (χ0n) is 45.2. The van der Waals surface area contributed by atoms with Crippen LogP contribution in [-0.2, 0) is 14.1 Å². The molecule has 0 aliphatic carbocycles. The van der Waals surface area contributed by atoms with Gasteiger partial charge in [0.05, 0.1) is 53.3 Å². The van der Waals surface area contributed by atoms with E-state index in [9.17, 15) is 10.1 Å². The minimum atomic E-state index is -0.359. The summed E-state index contributed by atoms with van der Waals surface area (Å²) in [5.41, 5.74) is 15.7. The smallest absolute Gasteiger partial charge is 0.294 e. The highest BCUT2D eigenvalue weighted by atomic mass is 16.6. The molecule has 0 bridgehead atoms. The van der Waals surface area contributed by atoms with E-state index in [-0.39, 0.29) is 18.0 Å². The summed E-state index contributed by atoms with van der Waals surface area (Å²) >= 11 is 0. The number of rotatable bonds is 17. The maximum absolute atomic E-state index is 12.1. The van der Waals surface area contributed by atoms with Crippen LogP contribution in [0.25, 0.3) is 44.3 Å². The molecule has 4 aromatic carbocycles. The number of anilines is 7. The Labute approximate surface area is 452 Å². The van der Waals surface area contributed by atoms with E-state index >= 15 is 0 Å². The summed E-state index contributed by atoms with van der Waals surface area (Å²) in [4.78, 5) is 39.1. The minimum absolute atomic E-state index is 0. The van der Waals surface area contributed by atoms with Gasteiger partial charge in [-0.1, -0.05) is 57.7 Å². The number of aliphatic hydroxyl groups excluding tert-OH is 1. The zero-order chi connectivity index (χ0) is 54.0. The highest BCUT2D eigenvalue weighted by molar-refractivity contribution is 5.96. The van der Waals surface area contributed by atoms with Crippen molar-refractivity contribution in [2.24, 2.45) is 25.9 Å². The molecule has 2 atom stereocenters. The largest absolute Gasteiger partial charge is 0.494 e. The molecular weight excluding hydrogens is 973 g/mol.